The van der Waals surface area contributed by atoms with Gasteiger partial charge in [-0.2, -0.15) is 0 Å². The van der Waals surface area contributed by atoms with Crippen LogP contribution in [0.4, 0.5) is 0 Å². The van der Waals surface area contributed by atoms with Crippen LogP contribution in [0.25, 0.3) is 0 Å². The van der Waals surface area contributed by atoms with Crippen molar-refractivity contribution in [1.29, 1.82) is 0 Å². The Morgan fingerprint density at radius 1 is 1.00 bits per heavy atom. The van der Waals surface area contributed by atoms with E-state index in [9.17, 15) is 0 Å². The summed E-state index contributed by atoms with van der Waals surface area (Å²) in [5.41, 5.74) is 10.6. The number of hydrogen-bond acceptors (Lipinski definition) is 5. The van der Waals surface area contributed by atoms with Crippen molar-refractivity contribution in [1.82, 2.24) is 0 Å². The second-order valence-corrected chi connectivity index (χ2v) is 2.80. The molecule has 0 fully saturated rings. The summed E-state index contributed by atoms with van der Waals surface area (Å²) in [5.74, 6) is 0. The van der Waals surface area contributed by atoms with E-state index in [0.717, 1.165) is 0 Å². The van der Waals surface area contributed by atoms with Crippen molar-refractivity contribution in [2.75, 3.05) is 46.1 Å². The number of ether oxygens (including phenoxy) is 3. The van der Waals surface area contributed by atoms with E-state index in [-0.39, 0.29) is 6.10 Å². The molecule has 0 bridgehead atoms. The van der Waals surface area contributed by atoms with Gasteiger partial charge in [-0.15, -0.1) is 0 Å². The Balaban J connectivity index is 3.44. The molecule has 5 heteroatoms. The first-order valence-corrected chi connectivity index (χ1v) is 5.02. The van der Waals surface area contributed by atoms with Crippen LogP contribution in [0, 0.1) is 0 Å². The van der Waals surface area contributed by atoms with Gasteiger partial charge in [0, 0.05) is 19.7 Å². The van der Waals surface area contributed by atoms with E-state index in [1.165, 1.54) is 0 Å². The fourth-order valence-corrected chi connectivity index (χ4v) is 0.976. The largest absolute Gasteiger partial charge is 0.377 e. The van der Waals surface area contributed by atoms with Crippen molar-refractivity contribution in [2.45, 2.75) is 13.0 Å². The Labute approximate surface area is 85.7 Å². The van der Waals surface area contributed by atoms with Crippen molar-refractivity contribution in [3.05, 3.63) is 0 Å². The molecule has 0 amide bonds. The molecule has 0 atom stereocenters. The van der Waals surface area contributed by atoms with E-state index >= 15 is 0 Å². The van der Waals surface area contributed by atoms with Gasteiger partial charge in [-0.1, -0.05) is 0 Å². The average Bonchev–Trinajstić information content (AvgIpc) is 2.18. The Kier molecular flexibility index (Phi) is 10.7. The van der Waals surface area contributed by atoms with Crippen LogP contribution in [0.5, 0.6) is 0 Å². The van der Waals surface area contributed by atoms with Crippen LogP contribution in [0.15, 0.2) is 0 Å². The third kappa shape index (κ3) is 8.40. The van der Waals surface area contributed by atoms with Gasteiger partial charge >= 0.3 is 0 Å². The first kappa shape index (κ1) is 13.8. The summed E-state index contributed by atoms with van der Waals surface area (Å²) in [6.07, 6.45) is -0.0156. The molecule has 86 valence electrons. The van der Waals surface area contributed by atoms with Gasteiger partial charge in [0.25, 0.3) is 0 Å². The highest BCUT2D eigenvalue weighted by molar-refractivity contribution is 4.55. The van der Waals surface area contributed by atoms with E-state index in [4.69, 9.17) is 25.7 Å². The molecular weight excluding hydrogens is 184 g/mol. The molecular formula is C9H22N2O3. The van der Waals surface area contributed by atoms with Crippen LogP contribution < -0.4 is 11.5 Å². The molecule has 0 saturated carbocycles. The lowest BCUT2D eigenvalue weighted by Crippen LogP contribution is -2.28. The van der Waals surface area contributed by atoms with Gasteiger partial charge in [0.05, 0.1) is 26.4 Å². The molecule has 0 aromatic rings. The first-order valence-electron chi connectivity index (χ1n) is 5.02. The summed E-state index contributed by atoms with van der Waals surface area (Å²) in [6, 6.07) is 0. The lowest BCUT2D eigenvalue weighted by Gasteiger charge is -2.16. The summed E-state index contributed by atoms with van der Waals surface area (Å²) in [5, 5.41) is 0. The van der Waals surface area contributed by atoms with Crippen LogP contribution in [-0.2, 0) is 14.2 Å². The van der Waals surface area contributed by atoms with E-state index < -0.39 is 0 Å². The Morgan fingerprint density at radius 2 is 1.50 bits per heavy atom. The number of rotatable bonds is 10. The van der Waals surface area contributed by atoms with E-state index in [2.05, 4.69) is 0 Å². The minimum absolute atomic E-state index is 0.0156. The average molecular weight is 206 g/mol. The minimum atomic E-state index is -0.0156. The lowest BCUT2D eigenvalue weighted by molar-refractivity contribution is -0.0539. The number of hydrogen-bond donors (Lipinski definition) is 2. The maximum atomic E-state index is 5.40. The topological polar surface area (TPSA) is 79.7 Å². The van der Waals surface area contributed by atoms with Crippen LogP contribution in [0.2, 0.25) is 0 Å². The monoisotopic (exact) mass is 206 g/mol. The quantitative estimate of drug-likeness (QED) is 0.464. The Morgan fingerprint density at radius 3 is 1.86 bits per heavy atom. The van der Waals surface area contributed by atoms with Crippen LogP contribution in [0.3, 0.4) is 0 Å². The van der Waals surface area contributed by atoms with E-state index in [0.29, 0.717) is 46.1 Å². The molecule has 0 aliphatic rings. The van der Waals surface area contributed by atoms with Crippen molar-refractivity contribution in [3.63, 3.8) is 0 Å². The van der Waals surface area contributed by atoms with Crippen molar-refractivity contribution in [3.8, 4) is 0 Å². The zero-order chi connectivity index (χ0) is 10.6. The second kappa shape index (κ2) is 10.9. The molecule has 0 saturated heterocycles. The molecule has 0 aromatic carbocycles. The van der Waals surface area contributed by atoms with Crippen molar-refractivity contribution in [2.24, 2.45) is 11.5 Å². The molecule has 0 rings (SSSR count). The highest BCUT2D eigenvalue weighted by atomic mass is 16.6. The second-order valence-electron chi connectivity index (χ2n) is 2.80. The summed E-state index contributed by atoms with van der Waals surface area (Å²) in [6.45, 7) is 5.82. The van der Waals surface area contributed by atoms with Gasteiger partial charge in [0.1, 0.15) is 6.10 Å². The predicted octanol–water partition coefficient (Wildman–Crippen LogP) is -0.658. The standard InChI is InChI=1S/C9H22N2O3/c1-2-14-9(7-12-5-3-10)8-13-6-4-11/h9H,2-8,10-11H2,1H3. The van der Waals surface area contributed by atoms with Gasteiger partial charge in [0.15, 0.2) is 0 Å². The van der Waals surface area contributed by atoms with Crippen LogP contribution >= 0.6 is 0 Å². The SMILES string of the molecule is CCOC(COCCN)COCCN. The maximum Gasteiger partial charge on any atom is 0.104 e. The summed E-state index contributed by atoms with van der Waals surface area (Å²) in [4.78, 5) is 0. The molecule has 5 nitrogen and oxygen atoms in total. The van der Waals surface area contributed by atoms with Crippen molar-refractivity contribution >= 4 is 0 Å². The zero-order valence-electron chi connectivity index (χ0n) is 8.91. The number of nitrogens with two attached hydrogens (primary N) is 2. The third-order valence-electron chi connectivity index (χ3n) is 1.53. The molecule has 0 aliphatic carbocycles. The lowest BCUT2D eigenvalue weighted by atomic mass is 10.4. The normalized spacial score (nSPS) is 11.1. The molecule has 0 unspecified atom stereocenters. The summed E-state index contributed by atoms with van der Waals surface area (Å²) >= 11 is 0. The third-order valence-corrected chi connectivity index (χ3v) is 1.53. The van der Waals surface area contributed by atoms with Gasteiger partial charge in [-0.25, -0.2) is 0 Å². The van der Waals surface area contributed by atoms with Gasteiger partial charge < -0.3 is 25.7 Å². The molecule has 0 spiro atoms. The van der Waals surface area contributed by atoms with Crippen LogP contribution in [-0.4, -0.2) is 52.2 Å². The Hall–Kier alpha value is -0.200. The van der Waals surface area contributed by atoms with Crippen LogP contribution in [0.1, 0.15) is 6.92 Å². The van der Waals surface area contributed by atoms with E-state index in [1.807, 2.05) is 6.92 Å². The summed E-state index contributed by atoms with van der Waals surface area (Å²) in [7, 11) is 0. The fourth-order valence-electron chi connectivity index (χ4n) is 0.976. The maximum absolute atomic E-state index is 5.40. The smallest absolute Gasteiger partial charge is 0.104 e. The highest BCUT2D eigenvalue weighted by Crippen LogP contribution is 1.94. The van der Waals surface area contributed by atoms with Gasteiger partial charge in [-0.3, -0.25) is 0 Å². The fraction of sp³-hybridized carbons (Fsp3) is 1.00. The summed E-state index contributed by atoms with van der Waals surface area (Å²) < 4.78 is 15.9. The molecule has 0 heterocycles. The first-order chi connectivity index (χ1) is 6.85. The molecule has 14 heavy (non-hydrogen) atoms. The molecule has 0 aromatic heterocycles. The molecule has 4 N–H and O–H groups in total. The minimum Gasteiger partial charge on any atom is -0.377 e. The Bertz CT molecular complexity index is 104. The van der Waals surface area contributed by atoms with E-state index in [1.54, 1.807) is 0 Å². The molecule has 0 radical (unpaired) electrons. The zero-order valence-corrected chi connectivity index (χ0v) is 8.91. The van der Waals surface area contributed by atoms with Gasteiger partial charge in [0.2, 0.25) is 0 Å². The predicted molar refractivity (Wildman–Crippen MR) is 55.2 cm³/mol. The van der Waals surface area contributed by atoms with Gasteiger partial charge in [-0.05, 0) is 6.92 Å². The highest BCUT2D eigenvalue weighted by Gasteiger charge is 2.08. The molecule has 0 aliphatic heterocycles. The van der Waals surface area contributed by atoms with Crippen molar-refractivity contribution < 1.29 is 14.2 Å².